The number of hydrogen-bond donors (Lipinski definition) is 3. The summed E-state index contributed by atoms with van der Waals surface area (Å²) in [5, 5.41) is 9.40. The van der Waals surface area contributed by atoms with Gasteiger partial charge in [0.1, 0.15) is 5.56 Å². The van der Waals surface area contributed by atoms with E-state index in [1.807, 2.05) is 4.98 Å². The van der Waals surface area contributed by atoms with Gasteiger partial charge in [0, 0.05) is 16.9 Å². The Kier molecular flexibility index (Phi) is 3.38. The van der Waals surface area contributed by atoms with Gasteiger partial charge in [0.25, 0.3) is 5.56 Å². The van der Waals surface area contributed by atoms with Crippen molar-refractivity contribution >= 4 is 28.0 Å². The van der Waals surface area contributed by atoms with Crippen molar-refractivity contribution in [2.24, 2.45) is 4.99 Å². The lowest BCUT2D eigenvalue weighted by molar-refractivity contribution is 0.447. The summed E-state index contributed by atoms with van der Waals surface area (Å²) in [6.07, 6.45) is 2.67. The number of rotatable bonds is 2. The van der Waals surface area contributed by atoms with E-state index in [0.29, 0.717) is 5.82 Å². The molecule has 2 aromatic heterocycles. The van der Waals surface area contributed by atoms with Crippen LogP contribution in [-0.4, -0.2) is 26.3 Å². The summed E-state index contributed by atoms with van der Waals surface area (Å²) < 4.78 is 0.797. The number of hydrogen-bond acceptors (Lipinski definition) is 5. The van der Waals surface area contributed by atoms with Crippen LogP contribution in [0.1, 0.15) is 5.56 Å². The van der Waals surface area contributed by atoms with Crippen molar-refractivity contribution in [2.45, 2.75) is 0 Å². The van der Waals surface area contributed by atoms with Crippen LogP contribution in [0.2, 0.25) is 0 Å². The van der Waals surface area contributed by atoms with Gasteiger partial charge in [-0.1, -0.05) is 0 Å². The third kappa shape index (κ3) is 2.72. The van der Waals surface area contributed by atoms with Gasteiger partial charge in [0.2, 0.25) is 5.88 Å². The van der Waals surface area contributed by atoms with Crippen molar-refractivity contribution in [1.29, 1.82) is 0 Å². The summed E-state index contributed by atoms with van der Waals surface area (Å²) >= 11 is 3.22. The second kappa shape index (κ2) is 4.96. The van der Waals surface area contributed by atoms with E-state index in [-0.39, 0.29) is 5.56 Å². The van der Waals surface area contributed by atoms with Crippen LogP contribution < -0.4 is 11.2 Å². The topological polar surface area (TPSA) is 111 Å². The molecule has 0 bridgehead atoms. The number of nitrogens with one attached hydrogen (secondary N) is 2. The molecule has 0 aliphatic rings. The van der Waals surface area contributed by atoms with Crippen molar-refractivity contribution in [3.63, 3.8) is 0 Å². The summed E-state index contributed by atoms with van der Waals surface area (Å²) in [7, 11) is 0. The summed E-state index contributed by atoms with van der Waals surface area (Å²) in [6.45, 7) is 0. The highest BCUT2D eigenvalue weighted by atomic mass is 79.9. The van der Waals surface area contributed by atoms with Crippen molar-refractivity contribution in [2.75, 3.05) is 0 Å². The number of nitrogens with zero attached hydrogens (tertiary/aromatic N) is 2. The van der Waals surface area contributed by atoms with Crippen LogP contribution >= 0.6 is 15.9 Å². The predicted octanol–water partition coefficient (Wildman–Crippen LogP) is 0.677. The van der Waals surface area contributed by atoms with Crippen LogP contribution in [0, 0.1) is 0 Å². The molecule has 2 rings (SSSR count). The predicted molar refractivity (Wildman–Crippen MR) is 68.5 cm³/mol. The number of aromatic hydroxyl groups is 1. The second-order valence-electron chi connectivity index (χ2n) is 3.26. The SMILES string of the molecule is O=c1[nH]c(O)c(C=Nc2ccc(Br)cn2)c(=O)[nH]1. The maximum absolute atomic E-state index is 11.4. The van der Waals surface area contributed by atoms with E-state index in [1.54, 1.807) is 18.3 Å². The van der Waals surface area contributed by atoms with Crippen molar-refractivity contribution in [3.05, 3.63) is 49.2 Å². The molecule has 0 aliphatic carbocycles. The Balaban J connectivity index is 2.38. The fraction of sp³-hybridized carbons (Fsp3) is 0. The molecule has 18 heavy (non-hydrogen) atoms. The van der Waals surface area contributed by atoms with Gasteiger partial charge < -0.3 is 5.11 Å². The monoisotopic (exact) mass is 310 g/mol. The molecule has 0 saturated carbocycles. The number of aromatic amines is 2. The highest BCUT2D eigenvalue weighted by Crippen LogP contribution is 2.13. The molecule has 7 nitrogen and oxygen atoms in total. The van der Waals surface area contributed by atoms with Gasteiger partial charge in [-0.25, -0.2) is 14.8 Å². The summed E-state index contributed by atoms with van der Waals surface area (Å²) in [6, 6.07) is 3.36. The van der Waals surface area contributed by atoms with Crippen LogP contribution in [-0.2, 0) is 0 Å². The average Bonchev–Trinajstić information content (AvgIpc) is 2.30. The molecule has 0 aromatic carbocycles. The standard InChI is InChI=1S/C10H7BrN4O3/c11-5-1-2-7(12-3-5)13-4-6-8(16)14-10(18)15-9(6)17/h1-4H,(H3,14,15,16,17,18). The third-order valence-corrected chi connectivity index (χ3v) is 2.47. The zero-order valence-corrected chi connectivity index (χ0v) is 10.4. The van der Waals surface area contributed by atoms with E-state index < -0.39 is 17.1 Å². The molecule has 0 radical (unpaired) electrons. The highest BCUT2D eigenvalue weighted by molar-refractivity contribution is 9.10. The molecule has 2 aromatic rings. The van der Waals surface area contributed by atoms with E-state index in [2.05, 4.69) is 30.9 Å². The first kappa shape index (κ1) is 12.2. The number of aromatic nitrogens is 3. The molecule has 0 unspecified atom stereocenters. The molecule has 0 aliphatic heterocycles. The Morgan fingerprint density at radius 2 is 2.11 bits per heavy atom. The minimum absolute atomic E-state index is 0.140. The number of aliphatic imine (C=N–C) groups is 1. The molecule has 8 heteroatoms. The van der Waals surface area contributed by atoms with Crippen LogP contribution in [0.4, 0.5) is 5.82 Å². The van der Waals surface area contributed by atoms with Crippen LogP contribution in [0.5, 0.6) is 5.88 Å². The quantitative estimate of drug-likeness (QED) is 0.708. The van der Waals surface area contributed by atoms with Gasteiger partial charge >= 0.3 is 5.69 Å². The van der Waals surface area contributed by atoms with Crippen LogP contribution in [0.15, 0.2) is 37.4 Å². The van der Waals surface area contributed by atoms with E-state index in [4.69, 9.17) is 0 Å². The van der Waals surface area contributed by atoms with Gasteiger partial charge in [0.05, 0.1) is 0 Å². The largest absolute Gasteiger partial charge is 0.494 e. The first-order valence-corrected chi connectivity index (χ1v) is 5.57. The fourth-order valence-electron chi connectivity index (χ4n) is 1.18. The van der Waals surface area contributed by atoms with Gasteiger partial charge in [-0.3, -0.25) is 14.8 Å². The average molecular weight is 311 g/mol. The molecule has 92 valence electrons. The van der Waals surface area contributed by atoms with E-state index >= 15 is 0 Å². The molecule has 0 atom stereocenters. The van der Waals surface area contributed by atoms with E-state index in [9.17, 15) is 14.7 Å². The number of halogens is 1. The van der Waals surface area contributed by atoms with Crippen molar-refractivity contribution < 1.29 is 5.11 Å². The number of pyridine rings is 1. The molecule has 0 spiro atoms. The Morgan fingerprint density at radius 3 is 2.72 bits per heavy atom. The molecule has 2 heterocycles. The second-order valence-corrected chi connectivity index (χ2v) is 4.18. The maximum Gasteiger partial charge on any atom is 0.328 e. The first-order chi connectivity index (χ1) is 8.56. The van der Waals surface area contributed by atoms with Gasteiger partial charge in [-0.2, -0.15) is 0 Å². The number of H-pyrrole nitrogens is 2. The zero-order chi connectivity index (χ0) is 13.1. The minimum atomic E-state index is -0.781. The third-order valence-electron chi connectivity index (χ3n) is 2.00. The fourth-order valence-corrected chi connectivity index (χ4v) is 1.41. The van der Waals surface area contributed by atoms with Crippen molar-refractivity contribution in [1.82, 2.24) is 15.0 Å². The van der Waals surface area contributed by atoms with Crippen LogP contribution in [0.25, 0.3) is 0 Å². The van der Waals surface area contributed by atoms with Crippen molar-refractivity contribution in [3.8, 4) is 5.88 Å². The summed E-state index contributed by atoms with van der Waals surface area (Å²) in [5.41, 5.74) is -1.65. The molecular weight excluding hydrogens is 304 g/mol. The van der Waals surface area contributed by atoms with E-state index in [0.717, 1.165) is 10.7 Å². The Morgan fingerprint density at radius 1 is 1.33 bits per heavy atom. The molecule has 3 N–H and O–H groups in total. The first-order valence-electron chi connectivity index (χ1n) is 4.77. The van der Waals surface area contributed by atoms with Gasteiger partial charge in [-0.15, -0.1) is 0 Å². The molecule has 0 amide bonds. The Hall–Kier alpha value is -2.22. The Labute approximate surface area is 108 Å². The zero-order valence-electron chi connectivity index (χ0n) is 8.85. The van der Waals surface area contributed by atoms with Crippen LogP contribution in [0.3, 0.4) is 0 Å². The lowest BCUT2D eigenvalue weighted by Gasteiger charge is -1.96. The minimum Gasteiger partial charge on any atom is -0.494 e. The lowest BCUT2D eigenvalue weighted by Crippen LogP contribution is -2.24. The molecular formula is C10H7BrN4O3. The molecule has 0 saturated heterocycles. The maximum atomic E-state index is 11.4. The Bertz CT molecular complexity index is 702. The van der Waals surface area contributed by atoms with Gasteiger partial charge in [-0.05, 0) is 28.1 Å². The summed E-state index contributed by atoms with van der Waals surface area (Å²) in [4.78, 5) is 34.1. The normalized spacial score (nSPS) is 10.9. The lowest BCUT2D eigenvalue weighted by atomic mass is 10.3. The summed E-state index contributed by atoms with van der Waals surface area (Å²) in [5.74, 6) is -0.173. The smallest absolute Gasteiger partial charge is 0.328 e. The van der Waals surface area contributed by atoms with E-state index in [1.165, 1.54) is 0 Å². The van der Waals surface area contributed by atoms with Gasteiger partial charge in [0.15, 0.2) is 5.82 Å². The highest BCUT2D eigenvalue weighted by Gasteiger charge is 2.05. The molecule has 0 fully saturated rings.